The number of aromatic nitrogens is 2. The van der Waals surface area contributed by atoms with Crippen molar-refractivity contribution < 1.29 is 9.53 Å². The topological polar surface area (TPSA) is 67.3 Å². The smallest absolute Gasteiger partial charge is 0.243 e. The molecule has 1 aliphatic rings. The first kappa shape index (κ1) is 18.2. The summed E-state index contributed by atoms with van der Waals surface area (Å²) in [7, 11) is 1.64. The summed E-state index contributed by atoms with van der Waals surface area (Å²) in [6.45, 7) is 3.27. The Hall–Kier alpha value is -3.15. The largest absolute Gasteiger partial charge is 0.497 e. The first-order valence-electron chi connectivity index (χ1n) is 9.56. The van der Waals surface area contributed by atoms with E-state index in [-0.39, 0.29) is 11.9 Å². The van der Waals surface area contributed by atoms with E-state index in [0.717, 1.165) is 47.3 Å². The minimum atomic E-state index is -0.237. The van der Waals surface area contributed by atoms with E-state index in [1.165, 1.54) is 0 Å². The summed E-state index contributed by atoms with van der Waals surface area (Å²) in [5.41, 5.74) is 2.88. The molecule has 0 spiro atoms. The van der Waals surface area contributed by atoms with E-state index in [0.29, 0.717) is 12.5 Å². The summed E-state index contributed by atoms with van der Waals surface area (Å²) < 4.78 is 5.17. The molecular weight excluding hydrogens is 352 g/mol. The Bertz CT molecular complexity index is 987. The number of amides is 1. The van der Waals surface area contributed by atoms with Crippen molar-refractivity contribution in [3.05, 3.63) is 59.8 Å². The third-order valence-electron chi connectivity index (χ3n) is 5.22. The fourth-order valence-electron chi connectivity index (χ4n) is 3.68. The Balaban J connectivity index is 1.49. The van der Waals surface area contributed by atoms with Crippen LogP contribution >= 0.6 is 0 Å². The van der Waals surface area contributed by atoms with Crippen molar-refractivity contribution in [2.24, 2.45) is 0 Å². The van der Waals surface area contributed by atoms with Crippen LogP contribution in [0, 0.1) is 6.92 Å². The van der Waals surface area contributed by atoms with Gasteiger partial charge in [-0.25, -0.2) is 9.97 Å². The monoisotopic (exact) mass is 376 g/mol. The number of rotatable bonds is 5. The average molecular weight is 376 g/mol. The van der Waals surface area contributed by atoms with Crippen molar-refractivity contribution in [2.45, 2.75) is 32.4 Å². The van der Waals surface area contributed by atoms with Gasteiger partial charge in [0, 0.05) is 18.5 Å². The van der Waals surface area contributed by atoms with Gasteiger partial charge in [0.15, 0.2) is 0 Å². The molecule has 6 nitrogen and oxygen atoms in total. The van der Waals surface area contributed by atoms with Crippen LogP contribution < -0.4 is 15.0 Å². The highest BCUT2D eigenvalue weighted by Crippen LogP contribution is 2.25. The van der Waals surface area contributed by atoms with E-state index in [2.05, 4.69) is 10.3 Å². The normalized spacial score (nSPS) is 16.4. The zero-order chi connectivity index (χ0) is 19.5. The second kappa shape index (κ2) is 7.84. The van der Waals surface area contributed by atoms with Gasteiger partial charge in [-0.05, 0) is 43.5 Å². The number of fused-ring (bicyclic) bond motifs is 1. The van der Waals surface area contributed by atoms with Gasteiger partial charge >= 0.3 is 0 Å². The van der Waals surface area contributed by atoms with Crippen LogP contribution in [0.25, 0.3) is 10.9 Å². The lowest BCUT2D eigenvalue weighted by Gasteiger charge is -2.24. The molecule has 0 bridgehead atoms. The van der Waals surface area contributed by atoms with Crippen LogP contribution in [0.3, 0.4) is 0 Å². The number of hydrogen-bond donors (Lipinski definition) is 1. The van der Waals surface area contributed by atoms with Crippen molar-refractivity contribution in [2.75, 3.05) is 18.6 Å². The van der Waals surface area contributed by atoms with Crippen LogP contribution in [-0.2, 0) is 11.3 Å². The van der Waals surface area contributed by atoms with E-state index >= 15 is 0 Å². The molecule has 1 aliphatic heterocycles. The van der Waals surface area contributed by atoms with E-state index in [4.69, 9.17) is 9.72 Å². The molecule has 1 N–H and O–H groups in total. The summed E-state index contributed by atoms with van der Waals surface area (Å²) in [4.78, 5) is 24.3. The number of aryl methyl sites for hydroxylation is 1. The summed E-state index contributed by atoms with van der Waals surface area (Å²) in [6.07, 6.45) is 1.76. The maximum atomic E-state index is 12.8. The van der Waals surface area contributed by atoms with Gasteiger partial charge in [0.1, 0.15) is 11.8 Å². The minimum Gasteiger partial charge on any atom is -0.497 e. The molecule has 28 heavy (non-hydrogen) atoms. The number of hydrogen-bond acceptors (Lipinski definition) is 5. The van der Waals surface area contributed by atoms with E-state index in [9.17, 15) is 4.79 Å². The molecule has 6 heteroatoms. The molecule has 0 aliphatic carbocycles. The molecule has 3 aromatic rings. The Kier molecular flexibility index (Phi) is 5.10. The number of nitrogens with zero attached hydrogens (tertiary/aromatic N) is 3. The van der Waals surface area contributed by atoms with Crippen LogP contribution in [0.4, 0.5) is 5.95 Å². The molecule has 2 aromatic carbocycles. The number of nitrogens with one attached hydrogen (secondary N) is 1. The molecule has 4 rings (SSSR count). The van der Waals surface area contributed by atoms with E-state index < -0.39 is 0 Å². The Labute approximate surface area is 164 Å². The number of ether oxygens (including phenoxy) is 1. The standard InChI is InChI=1S/C22H24N4O2/c1-15-18-6-3-4-7-19(18)25-22(24-15)26-13-5-8-20(26)21(27)23-14-16-9-11-17(28-2)12-10-16/h3-4,6-7,9-12,20H,5,8,13-14H2,1-2H3,(H,23,27). The van der Waals surface area contributed by atoms with Crippen LogP contribution in [0.5, 0.6) is 5.75 Å². The van der Waals surface area contributed by atoms with Crippen molar-refractivity contribution in [1.29, 1.82) is 0 Å². The van der Waals surface area contributed by atoms with Gasteiger partial charge in [-0.2, -0.15) is 0 Å². The van der Waals surface area contributed by atoms with Gasteiger partial charge in [0.2, 0.25) is 11.9 Å². The molecule has 1 fully saturated rings. The molecule has 0 radical (unpaired) electrons. The fourth-order valence-corrected chi connectivity index (χ4v) is 3.68. The molecule has 144 valence electrons. The van der Waals surface area contributed by atoms with Crippen LogP contribution in [0.15, 0.2) is 48.5 Å². The highest BCUT2D eigenvalue weighted by Gasteiger charge is 2.32. The van der Waals surface area contributed by atoms with Crippen LogP contribution in [-0.4, -0.2) is 35.6 Å². The molecule has 1 amide bonds. The number of para-hydroxylation sites is 1. The third-order valence-corrected chi connectivity index (χ3v) is 5.22. The van der Waals surface area contributed by atoms with Gasteiger partial charge < -0.3 is 15.0 Å². The van der Waals surface area contributed by atoms with Crippen molar-refractivity contribution in [3.63, 3.8) is 0 Å². The number of methoxy groups -OCH3 is 1. The molecule has 1 saturated heterocycles. The second-order valence-corrected chi connectivity index (χ2v) is 7.04. The highest BCUT2D eigenvalue weighted by atomic mass is 16.5. The van der Waals surface area contributed by atoms with Crippen LogP contribution in [0.1, 0.15) is 24.1 Å². The summed E-state index contributed by atoms with van der Waals surface area (Å²) in [6, 6.07) is 15.5. The minimum absolute atomic E-state index is 0.0164. The lowest BCUT2D eigenvalue weighted by atomic mass is 10.1. The maximum Gasteiger partial charge on any atom is 0.243 e. The molecule has 1 unspecified atom stereocenters. The summed E-state index contributed by atoms with van der Waals surface area (Å²) in [5, 5.41) is 4.10. The number of benzene rings is 2. The van der Waals surface area contributed by atoms with Gasteiger partial charge in [-0.15, -0.1) is 0 Å². The Morgan fingerprint density at radius 1 is 1.18 bits per heavy atom. The molecule has 1 aromatic heterocycles. The lowest BCUT2D eigenvalue weighted by Crippen LogP contribution is -2.43. The molecule has 1 atom stereocenters. The van der Waals surface area contributed by atoms with Gasteiger partial charge in [-0.3, -0.25) is 4.79 Å². The van der Waals surface area contributed by atoms with Gasteiger partial charge in [0.25, 0.3) is 0 Å². The first-order chi connectivity index (χ1) is 13.7. The Morgan fingerprint density at radius 2 is 1.96 bits per heavy atom. The van der Waals surface area contributed by atoms with E-state index in [1.807, 2.05) is 60.4 Å². The summed E-state index contributed by atoms with van der Waals surface area (Å²) >= 11 is 0. The molecular formula is C22H24N4O2. The molecule has 2 heterocycles. The quantitative estimate of drug-likeness (QED) is 0.740. The second-order valence-electron chi connectivity index (χ2n) is 7.04. The van der Waals surface area contributed by atoms with Crippen molar-refractivity contribution >= 4 is 22.8 Å². The average Bonchev–Trinajstić information content (AvgIpc) is 3.22. The molecule has 0 saturated carbocycles. The summed E-state index contributed by atoms with van der Waals surface area (Å²) in [5.74, 6) is 1.46. The zero-order valence-electron chi connectivity index (χ0n) is 16.2. The zero-order valence-corrected chi connectivity index (χ0v) is 16.2. The van der Waals surface area contributed by atoms with Crippen LogP contribution in [0.2, 0.25) is 0 Å². The highest BCUT2D eigenvalue weighted by molar-refractivity contribution is 5.86. The predicted octanol–water partition coefficient (Wildman–Crippen LogP) is 3.23. The number of carbonyl (C=O) groups is 1. The number of anilines is 1. The maximum absolute atomic E-state index is 12.8. The van der Waals surface area contributed by atoms with Gasteiger partial charge in [-0.1, -0.05) is 30.3 Å². The predicted molar refractivity (Wildman–Crippen MR) is 109 cm³/mol. The van der Waals surface area contributed by atoms with Crippen molar-refractivity contribution in [3.8, 4) is 5.75 Å². The van der Waals surface area contributed by atoms with Gasteiger partial charge in [0.05, 0.1) is 18.3 Å². The van der Waals surface area contributed by atoms with E-state index in [1.54, 1.807) is 7.11 Å². The SMILES string of the molecule is COc1ccc(CNC(=O)C2CCCN2c2nc(C)c3ccccc3n2)cc1. The van der Waals surface area contributed by atoms with Crippen molar-refractivity contribution in [1.82, 2.24) is 15.3 Å². The number of carbonyl (C=O) groups excluding carboxylic acids is 1. The third kappa shape index (κ3) is 3.63. The Morgan fingerprint density at radius 3 is 2.75 bits per heavy atom. The first-order valence-corrected chi connectivity index (χ1v) is 9.56. The fraction of sp³-hybridized carbons (Fsp3) is 0.318. The lowest BCUT2D eigenvalue weighted by molar-refractivity contribution is -0.122.